The largest absolute Gasteiger partial charge is 0.382 e. The average Bonchev–Trinajstić information content (AvgIpc) is 2.91. The van der Waals surface area contributed by atoms with E-state index in [0.29, 0.717) is 37.4 Å². The molecule has 2 aromatic rings. The number of imide groups is 1. The van der Waals surface area contributed by atoms with Crippen LogP contribution in [-0.4, -0.2) is 36.5 Å². The van der Waals surface area contributed by atoms with Gasteiger partial charge < -0.3 is 10.1 Å². The first-order valence-corrected chi connectivity index (χ1v) is 10.0. The van der Waals surface area contributed by atoms with E-state index in [9.17, 15) is 9.59 Å². The van der Waals surface area contributed by atoms with E-state index in [-0.39, 0.29) is 11.8 Å². The zero-order chi connectivity index (χ0) is 21.0. The predicted molar refractivity (Wildman–Crippen MR) is 115 cm³/mol. The molecular weight excluding hydrogens is 364 g/mol. The highest BCUT2D eigenvalue weighted by molar-refractivity contribution is 6.36. The van der Waals surface area contributed by atoms with E-state index in [4.69, 9.17) is 4.74 Å². The number of nitrogens with zero attached hydrogens (tertiary/aromatic N) is 1. The fourth-order valence-corrected chi connectivity index (χ4v) is 3.49. The highest BCUT2D eigenvalue weighted by atomic mass is 16.5. The molecule has 0 bridgehead atoms. The van der Waals surface area contributed by atoms with E-state index < -0.39 is 0 Å². The lowest BCUT2D eigenvalue weighted by Gasteiger charge is -2.15. The van der Waals surface area contributed by atoms with Crippen LogP contribution >= 0.6 is 0 Å². The minimum Gasteiger partial charge on any atom is -0.382 e. The van der Waals surface area contributed by atoms with Crippen LogP contribution < -0.4 is 5.32 Å². The standard InChI is InChI=1S/C24H28N2O3/c1-5-29-14-6-13-26-23(27)21(20-12-9-17(3)15-18(20)4)22(24(26)28)25-19-10-7-16(2)8-11-19/h7-12,15,25H,5-6,13-14H2,1-4H3. The number of aryl methyl sites for hydroxylation is 3. The molecule has 0 radical (unpaired) electrons. The number of hydrogen-bond donors (Lipinski definition) is 1. The van der Waals surface area contributed by atoms with Crippen molar-refractivity contribution < 1.29 is 14.3 Å². The van der Waals surface area contributed by atoms with Crippen LogP contribution in [-0.2, 0) is 14.3 Å². The number of rotatable bonds is 8. The summed E-state index contributed by atoms with van der Waals surface area (Å²) in [6.07, 6.45) is 0.614. The number of ether oxygens (including phenoxy) is 1. The number of benzene rings is 2. The van der Waals surface area contributed by atoms with E-state index in [2.05, 4.69) is 5.32 Å². The van der Waals surface area contributed by atoms with Crippen LogP contribution in [0.15, 0.2) is 48.2 Å². The van der Waals surface area contributed by atoms with Crippen LogP contribution in [0.3, 0.4) is 0 Å². The van der Waals surface area contributed by atoms with Gasteiger partial charge in [0.25, 0.3) is 11.8 Å². The maximum Gasteiger partial charge on any atom is 0.278 e. The highest BCUT2D eigenvalue weighted by Crippen LogP contribution is 2.32. The Hall–Kier alpha value is -2.92. The number of amides is 2. The Bertz CT molecular complexity index is 945. The number of hydrogen-bond acceptors (Lipinski definition) is 4. The molecule has 0 aliphatic carbocycles. The van der Waals surface area contributed by atoms with E-state index in [1.807, 2.05) is 70.2 Å². The second kappa shape index (κ2) is 9.05. The monoisotopic (exact) mass is 392 g/mol. The summed E-state index contributed by atoms with van der Waals surface area (Å²) in [6, 6.07) is 13.7. The molecule has 5 heteroatoms. The molecule has 0 aromatic heterocycles. The molecule has 1 heterocycles. The van der Waals surface area contributed by atoms with Crippen LogP contribution in [0.4, 0.5) is 5.69 Å². The quantitative estimate of drug-likeness (QED) is 0.539. The van der Waals surface area contributed by atoms with Crippen molar-refractivity contribution >= 4 is 23.1 Å². The summed E-state index contributed by atoms with van der Waals surface area (Å²) in [4.78, 5) is 27.7. The smallest absolute Gasteiger partial charge is 0.278 e. The van der Waals surface area contributed by atoms with Gasteiger partial charge in [0, 0.05) is 25.4 Å². The van der Waals surface area contributed by atoms with Gasteiger partial charge in [0.15, 0.2) is 0 Å². The molecule has 1 aliphatic rings. The lowest BCUT2D eigenvalue weighted by Crippen LogP contribution is -2.34. The molecular formula is C24H28N2O3. The van der Waals surface area contributed by atoms with Gasteiger partial charge in [0.1, 0.15) is 5.70 Å². The van der Waals surface area contributed by atoms with Crippen molar-refractivity contribution in [2.75, 3.05) is 25.1 Å². The molecule has 0 saturated heterocycles. The summed E-state index contributed by atoms with van der Waals surface area (Å²) in [7, 11) is 0. The van der Waals surface area contributed by atoms with E-state index in [0.717, 1.165) is 27.9 Å². The first-order chi connectivity index (χ1) is 13.9. The molecule has 2 amide bonds. The molecule has 0 spiro atoms. The molecule has 152 valence electrons. The lowest BCUT2D eigenvalue weighted by molar-refractivity contribution is -0.137. The van der Waals surface area contributed by atoms with Crippen LogP contribution in [0.5, 0.6) is 0 Å². The Labute approximate surface area is 172 Å². The first kappa shape index (κ1) is 20.8. The molecule has 0 unspecified atom stereocenters. The molecule has 0 fully saturated rings. The highest BCUT2D eigenvalue weighted by Gasteiger charge is 2.39. The normalized spacial score (nSPS) is 14.1. The van der Waals surface area contributed by atoms with Gasteiger partial charge in [-0.3, -0.25) is 14.5 Å². The van der Waals surface area contributed by atoms with Gasteiger partial charge in [-0.05, 0) is 57.4 Å². The maximum atomic E-state index is 13.2. The van der Waals surface area contributed by atoms with Crippen molar-refractivity contribution in [1.29, 1.82) is 0 Å². The zero-order valence-electron chi connectivity index (χ0n) is 17.5. The van der Waals surface area contributed by atoms with E-state index in [1.54, 1.807) is 0 Å². The number of nitrogens with one attached hydrogen (secondary N) is 1. The zero-order valence-corrected chi connectivity index (χ0v) is 17.5. The SMILES string of the molecule is CCOCCCN1C(=O)C(Nc2ccc(C)cc2)=C(c2ccc(C)cc2C)C1=O. The third-order valence-corrected chi connectivity index (χ3v) is 5.01. The van der Waals surface area contributed by atoms with Gasteiger partial charge in [-0.2, -0.15) is 0 Å². The molecule has 2 aromatic carbocycles. The third-order valence-electron chi connectivity index (χ3n) is 5.01. The summed E-state index contributed by atoms with van der Waals surface area (Å²) in [6.45, 7) is 9.39. The summed E-state index contributed by atoms with van der Waals surface area (Å²) in [5, 5.41) is 3.21. The van der Waals surface area contributed by atoms with Crippen molar-refractivity contribution in [3.05, 3.63) is 70.4 Å². The van der Waals surface area contributed by atoms with Gasteiger partial charge in [0.05, 0.1) is 5.57 Å². The molecule has 5 nitrogen and oxygen atoms in total. The second-order valence-corrected chi connectivity index (χ2v) is 7.37. The maximum absolute atomic E-state index is 13.2. The molecule has 29 heavy (non-hydrogen) atoms. The number of anilines is 1. The molecule has 1 aliphatic heterocycles. The van der Waals surface area contributed by atoms with Crippen molar-refractivity contribution in [1.82, 2.24) is 4.90 Å². The Morgan fingerprint density at radius 3 is 2.28 bits per heavy atom. The van der Waals surface area contributed by atoms with Crippen molar-refractivity contribution in [2.45, 2.75) is 34.1 Å². The average molecular weight is 392 g/mol. The Morgan fingerprint density at radius 2 is 1.62 bits per heavy atom. The molecule has 0 saturated carbocycles. The fraction of sp³-hybridized carbons (Fsp3) is 0.333. The van der Waals surface area contributed by atoms with Crippen LogP contribution in [0, 0.1) is 20.8 Å². The first-order valence-electron chi connectivity index (χ1n) is 10.0. The third kappa shape index (κ3) is 4.57. The van der Waals surface area contributed by atoms with E-state index in [1.165, 1.54) is 4.90 Å². The summed E-state index contributed by atoms with van der Waals surface area (Å²) >= 11 is 0. The van der Waals surface area contributed by atoms with Crippen molar-refractivity contribution in [2.24, 2.45) is 0 Å². The van der Waals surface area contributed by atoms with Crippen molar-refractivity contribution in [3.8, 4) is 0 Å². The topological polar surface area (TPSA) is 58.6 Å². The van der Waals surface area contributed by atoms with Gasteiger partial charge in [-0.25, -0.2) is 0 Å². The van der Waals surface area contributed by atoms with Crippen LogP contribution in [0.2, 0.25) is 0 Å². The lowest BCUT2D eigenvalue weighted by atomic mass is 9.97. The van der Waals surface area contributed by atoms with Gasteiger partial charge in [0.2, 0.25) is 0 Å². The summed E-state index contributed by atoms with van der Waals surface area (Å²) in [5.41, 5.74) is 5.56. The summed E-state index contributed by atoms with van der Waals surface area (Å²) in [5.74, 6) is -0.546. The predicted octanol–water partition coefficient (Wildman–Crippen LogP) is 4.23. The summed E-state index contributed by atoms with van der Waals surface area (Å²) < 4.78 is 5.36. The molecule has 3 rings (SSSR count). The Morgan fingerprint density at radius 1 is 0.931 bits per heavy atom. The van der Waals surface area contributed by atoms with Gasteiger partial charge in [-0.15, -0.1) is 0 Å². The minimum atomic E-state index is -0.290. The van der Waals surface area contributed by atoms with Crippen LogP contribution in [0.25, 0.3) is 5.57 Å². The van der Waals surface area contributed by atoms with Gasteiger partial charge >= 0.3 is 0 Å². The number of carbonyl (C=O) groups is 2. The number of carbonyl (C=O) groups excluding carboxylic acids is 2. The van der Waals surface area contributed by atoms with Gasteiger partial charge in [-0.1, -0.05) is 41.5 Å². The Kier molecular flexibility index (Phi) is 6.49. The van der Waals surface area contributed by atoms with Crippen LogP contribution in [0.1, 0.15) is 35.6 Å². The molecule has 1 N–H and O–H groups in total. The van der Waals surface area contributed by atoms with E-state index >= 15 is 0 Å². The minimum absolute atomic E-state index is 0.256. The fourth-order valence-electron chi connectivity index (χ4n) is 3.49. The second-order valence-electron chi connectivity index (χ2n) is 7.37. The molecule has 0 atom stereocenters. The van der Waals surface area contributed by atoms with Crippen molar-refractivity contribution in [3.63, 3.8) is 0 Å². The Balaban J connectivity index is 1.97.